The summed E-state index contributed by atoms with van der Waals surface area (Å²) in [7, 11) is 0. The first kappa shape index (κ1) is 15.8. The molecule has 0 aromatic rings. The van der Waals surface area contributed by atoms with Crippen molar-refractivity contribution in [1.82, 2.24) is 0 Å². The number of Topliss-reactive ketones (excluding diaryl/α,β-unsaturated/α-hetero) is 1. The molecule has 19 heavy (non-hydrogen) atoms. The van der Waals surface area contributed by atoms with Crippen molar-refractivity contribution < 1.29 is 14.3 Å². The van der Waals surface area contributed by atoms with Gasteiger partial charge in [0.1, 0.15) is 5.41 Å². The molecular weight excluding hydrogens is 240 g/mol. The molecule has 1 atom stereocenters. The minimum Gasteiger partial charge on any atom is -0.465 e. The molecule has 1 fully saturated rings. The lowest BCUT2D eigenvalue weighted by atomic mass is 9.82. The van der Waals surface area contributed by atoms with E-state index in [0.717, 1.165) is 32.1 Å². The smallest absolute Gasteiger partial charge is 0.320 e. The molecule has 0 saturated heterocycles. The summed E-state index contributed by atoms with van der Waals surface area (Å²) in [4.78, 5) is 24.3. The van der Waals surface area contributed by atoms with Crippen LogP contribution in [0.1, 0.15) is 65.2 Å². The summed E-state index contributed by atoms with van der Waals surface area (Å²) in [6.45, 7) is 4.48. The van der Waals surface area contributed by atoms with Crippen molar-refractivity contribution in [2.24, 2.45) is 5.41 Å². The van der Waals surface area contributed by atoms with Gasteiger partial charge in [-0.15, -0.1) is 11.8 Å². The summed E-state index contributed by atoms with van der Waals surface area (Å²) >= 11 is 0. The highest BCUT2D eigenvalue weighted by atomic mass is 16.5. The zero-order chi connectivity index (χ0) is 14.1. The predicted molar refractivity (Wildman–Crippen MR) is 74.5 cm³/mol. The fourth-order valence-electron chi connectivity index (χ4n) is 2.40. The lowest BCUT2D eigenvalue weighted by Crippen LogP contribution is -2.36. The number of ether oxygens (including phenoxy) is 1. The van der Waals surface area contributed by atoms with Crippen LogP contribution in [0.25, 0.3) is 0 Å². The van der Waals surface area contributed by atoms with Crippen molar-refractivity contribution in [2.45, 2.75) is 65.2 Å². The molecule has 1 unspecified atom stereocenters. The van der Waals surface area contributed by atoms with E-state index in [1.54, 1.807) is 0 Å². The van der Waals surface area contributed by atoms with Gasteiger partial charge in [0.2, 0.25) is 0 Å². The Morgan fingerprint density at radius 2 is 2.11 bits per heavy atom. The molecule has 1 aliphatic rings. The summed E-state index contributed by atoms with van der Waals surface area (Å²) in [5.74, 6) is 5.56. The van der Waals surface area contributed by atoms with Gasteiger partial charge >= 0.3 is 5.97 Å². The first-order valence-corrected chi connectivity index (χ1v) is 7.33. The van der Waals surface area contributed by atoms with Crippen molar-refractivity contribution in [2.75, 3.05) is 6.61 Å². The number of hydrogen-bond acceptors (Lipinski definition) is 3. The highest BCUT2D eigenvalue weighted by Gasteiger charge is 2.49. The molecule has 3 nitrogen and oxygen atoms in total. The van der Waals surface area contributed by atoms with Crippen LogP contribution in [0.2, 0.25) is 0 Å². The number of unbranched alkanes of at least 4 members (excludes halogenated alkanes) is 2. The first-order valence-electron chi connectivity index (χ1n) is 7.33. The molecule has 0 aliphatic heterocycles. The number of rotatable bonds is 6. The average Bonchev–Trinajstić information content (AvgIpc) is 2.77. The molecule has 1 aliphatic carbocycles. The minimum absolute atomic E-state index is 0.0124. The quantitative estimate of drug-likeness (QED) is 0.320. The summed E-state index contributed by atoms with van der Waals surface area (Å²) < 4.78 is 5.30. The van der Waals surface area contributed by atoms with Gasteiger partial charge in [0.25, 0.3) is 0 Å². The molecular formula is C16H24O3. The number of esters is 1. The van der Waals surface area contributed by atoms with E-state index in [9.17, 15) is 9.59 Å². The third-order valence-corrected chi connectivity index (χ3v) is 3.60. The Bertz CT molecular complexity index is 375. The van der Waals surface area contributed by atoms with Gasteiger partial charge in [-0.2, -0.15) is 0 Å². The summed E-state index contributed by atoms with van der Waals surface area (Å²) in [6.07, 6.45) is 5.92. The minimum atomic E-state index is -0.964. The predicted octanol–water partition coefficient (Wildman–Crippen LogP) is 3.26. The number of carbonyl (C=O) groups is 2. The third kappa shape index (κ3) is 4.09. The number of ketones is 1. The monoisotopic (exact) mass is 264 g/mol. The van der Waals surface area contributed by atoms with E-state index in [1.165, 1.54) is 0 Å². The molecule has 0 aromatic heterocycles. The van der Waals surface area contributed by atoms with Gasteiger partial charge in [0, 0.05) is 19.3 Å². The summed E-state index contributed by atoms with van der Waals surface area (Å²) in [5.41, 5.74) is -0.964. The van der Waals surface area contributed by atoms with Crippen molar-refractivity contribution >= 4 is 11.8 Å². The Balaban J connectivity index is 2.63. The van der Waals surface area contributed by atoms with E-state index in [0.29, 0.717) is 25.9 Å². The van der Waals surface area contributed by atoms with E-state index in [4.69, 9.17) is 4.74 Å². The second-order valence-electron chi connectivity index (χ2n) is 5.09. The molecule has 0 heterocycles. The van der Waals surface area contributed by atoms with Gasteiger partial charge in [0.15, 0.2) is 5.78 Å². The maximum Gasteiger partial charge on any atom is 0.320 e. The van der Waals surface area contributed by atoms with Gasteiger partial charge in [-0.05, 0) is 19.3 Å². The van der Waals surface area contributed by atoms with E-state index < -0.39 is 5.41 Å². The van der Waals surface area contributed by atoms with Crippen LogP contribution in [0, 0.1) is 17.3 Å². The zero-order valence-electron chi connectivity index (χ0n) is 12.1. The first-order chi connectivity index (χ1) is 9.17. The Hall–Kier alpha value is -1.30. The van der Waals surface area contributed by atoms with Gasteiger partial charge < -0.3 is 4.74 Å². The van der Waals surface area contributed by atoms with Crippen molar-refractivity contribution in [1.29, 1.82) is 0 Å². The third-order valence-electron chi connectivity index (χ3n) is 3.60. The maximum atomic E-state index is 12.2. The standard InChI is InChI=1S/C16H24O3/c1-3-5-7-11-16(12-9-10-14(16)17)15(18)19-13-8-6-4-2/h3-4,6,8-13H2,1-2H3. The fourth-order valence-corrected chi connectivity index (χ4v) is 2.40. The molecule has 1 rings (SSSR count). The molecule has 0 amide bonds. The molecule has 0 radical (unpaired) electrons. The van der Waals surface area contributed by atoms with E-state index in [2.05, 4.69) is 18.8 Å². The highest BCUT2D eigenvalue weighted by molar-refractivity contribution is 6.05. The van der Waals surface area contributed by atoms with Crippen LogP contribution in [0.5, 0.6) is 0 Å². The van der Waals surface area contributed by atoms with Gasteiger partial charge in [-0.25, -0.2) is 0 Å². The Morgan fingerprint density at radius 1 is 1.32 bits per heavy atom. The average molecular weight is 264 g/mol. The van der Waals surface area contributed by atoms with Crippen LogP contribution in [-0.4, -0.2) is 18.4 Å². The molecule has 0 spiro atoms. The van der Waals surface area contributed by atoms with Gasteiger partial charge in [-0.3, -0.25) is 9.59 Å². The van der Waals surface area contributed by atoms with E-state index >= 15 is 0 Å². The lowest BCUT2D eigenvalue weighted by Gasteiger charge is -2.22. The van der Waals surface area contributed by atoms with E-state index in [1.807, 2.05) is 6.92 Å². The second-order valence-corrected chi connectivity index (χ2v) is 5.09. The van der Waals surface area contributed by atoms with Crippen molar-refractivity contribution in [3.63, 3.8) is 0 Å². The molecule has 3 heteroatoms. The molecule has 0 N–H and O–H groups in total. The summed E-state index contributed by atoms with van der Waals surface area (Å²) in [6, 6.07) is 0. The Kier molecular flexibility index (Phi) is 6.62. The Morgan fingerprint density at radius 3 is 2.68 bits per heavy atom. The van der Waals surface area contributed by atoms with Crippen LogP contribution in [0.4, 0.5) is 0 Å². The maximum absolute atomic E-state index is 12.2. The fraction of sp³-hybridized carbons (Fsp3) is 0.750. The molecule has 1 saturated carbocycles. The number of hydrogen-bond donors (Lipinski definition) is 0. The van der Waals surface area contributed by atoms with Crippen LogP contribution in [0.15, 0.2) is 0 Å². The zero-order valence-corrected chi connectivity index (χ0v) is 12.1. The van der Waals surface area contributed by atoms with Crippen molar-refractivity contribution in [3.05, 3.63) is 0 Å². The van der Waals surface area contributed by atoms with E-state index in [-0.39, 0.29) is 11.8 Å². The normalized spacial score (nSPS) is 21.9. The van der Waals surface area contributed by atoms with Crippen LogP contribution in [-0.2, 0) is 14.3 Å². The van der Waals surface area contributed by atoms with Crippen LogP contribution >= 0.6 is 0 Å². The van der Waals surface area contributed by atoms with Gasteiger partial charge in [0.05, 0.1) is 6.61 Å². The largest absolute Gasteiger partial charge is 0.465 e. The topological polar surface area (TPSA) is 43.4 Å². The molecule has 0 aromatic carbocycles. The number of carbonyl (C=O) groups excluding carboxylic acids is 2. The second kappa shape index (κ2) is 7.99. The Labute approximate surface area is 116 Å². The van der Waals surface area contributed by atoms with Gasteiger partial charge in [-0.1, -0.05) is 26.7 Å². The molecule has 106 valence electrons. The SMILES string of the molecule is CCC#CCC1(C(=O)OCCCCC)CCCC1=O. The highest BCUT2D eigenvalue weighted by Crippen LogP contribution is 2.39. The summed E-state index contributed by atoms with van der Waals surface area (Å²) in [5, 5.41) is 0. The van der Waals surface area contributed by atoms with Crippen LogP contribution < -0.4 is 0 Å². The molecule has 0 bridgehead atoms. The lowest BCUT2D eigenvalue weighted by molar-refractivity contribution is -0.159. The van der Waals surface area contributed by atoms with Crippen molar-refractivity contribution in [3.8, 4) is 11.8 Å². The van der Waals surface area contributed by atoms with Crippen LogP contribution in [0.3, 0.4) is 0 Å².